The molecule has 102 valence electrons. The Morgan fingerprint density at radius 3 is 2.76 bits per heavy atom. The Hall–Kier alpha value is -2.57. The topological polar surface area (TPSA) is 48.7 Å². The van der Waals surface area contributed by atoms with Crippen molar-refractivity contribution < 1.29 is 0 Å². The molecule has 3 aromatic rings. The highest BCUT2D eigenvalue weighted by Gasteiger charge is 2.07. The SMILES string of the molecule is N#Cc1ccnc(NCc2cccc3ccccc23)c1Cl. The van der Waals surface area contributed by atoms with Gasteiger partial charge < -0.3 is 5.32 Å². The van der Waals surface area contributed by atoms with Crippen molar-refractivity contribution in [3.63, 3.8) is 0 Å². The van der Waals surface area contributed by atoms with Gasteiger partial charge in [0.25, 0.3) is 0 Å². The van der Waals surface area contributed by atoms with E-state index in [1.54, 1.807) is 12.3 Å². The smallest absolute Gasteiger partial charge is 0.146 e. The third-order valence-corrected chi connectivity index (χ3v) is 3.72. The molecule has 0 aliphatic carbocycles. The summed E-state index contributed by atoms with van der Waals surface area (Å²) in [4.78, 5) is 4.19. The van der Waals surface area contributed by atoms with Crippen LogP contribution in [0.15, 0.2) is 54.7 Å². The minimum atomic E-state index is 0.361. The fraction of sp³-hybridized carbons (Fsp3) is 0.0588. The van der Waals surface area contributed by atoms with Crippen molar-refractivity contribution in [1.82, 2.24) is 4.98 Å². The Labute approximate surface area is 127 Å². The molecule has 0 fully saturated rings. The van der Waals surface area contributed by atoms with E-state index in [2.05, 4.69) is 40.6 Å². The largest absolute Gasteiger partial charge is 0.365 e. The van der Waals surface area contributed by atoms with Crippen molar-refractivity contribution in [2.45, 2.75) is 6.54 Å². The monoisotopic (exact) mass is 293 g/mol. The molecule has 0 unspecified atom stereocenters. The van der Waals surface area contributed by atoms with Crippen molar-refractivity contribution in [3.05, 3.63) is 70.9 Å². The number of nitrogens with zero attached hydrogens (tertiary/aromatic N) is 2. The van der Waals surface area contributed by atoms with Crippen LogP contribution in [0.2, 0.25) is 5.02 Å². The van der Waals surface area contributed by atoms with Crippen LogP contribution in [0.1, 0.15) is 11.1 Å². The molecule has 21 heavy (non-hydrogen) atoms. The van der Waals surface area contributed by atoms with Crippen LogP contribution in [0.3, 0.4) is 0 Å². The average Bonchev–Trinajstić information content (AvgIpc) is 2.54. The summed E-state index contributed by atoms with van der Waals surface area (Å²) >= 11 is 6.15. The molecule has 3 nitrogen and oxygen atoms in total. The van der Waals surface area contributed by atoms with Crippen LogP contribution in [-0.2, 0) is 6.54 Å². The standard InChI is InChI=1S/C17H12ClN3/c18-16-13(10-19)8-9-20-17(16)21-11-14-6-3-5-12-4-1-2-7-15(12)14/h1-9H,11H2,(H,20,21). The van der Waals surface area contributed by atoms with Crippen LogP contribution in [-0.4, -0.2) is 4.98 Å². The van der Waals surface area contributed by atoms with E-state index < -0.39 is 0 Å². The third kappa shape index (κ3) is 2.67. The summed E-state index contributed by atoms with van der Waals surface area (Å²) in [6.45, 7) is 0.600. The third-order valence-electron chi connectivity index (χ3n) is 3.34. The maximum absolute atomic E-state index is 8.98. The van der Waals surface area contributed by atoms with Gasteiger partial charge in [0, 0.05) is 12.7 Å². The Balaban J connectivity index is 1.89. The average molecular weight is 294 g/mol. The van der Waals surface area contributed by atoms with Gasteiger partial charge in [0.15, 0.2) is 0 Å². The first-order valence-electron chi connectivity index (χ1n) is 6.54. The van der Waals surface area contributed by atoms with E-state index in [1.165, 1.54) is 10.8 Å². The molecule has 4 heteroatoms. The molecule has 0 amide bonds. The Morgan fingerprint density at radius 1 is 1.10 bits per heavy atom. The van der Waals surface area contributed by atoms with Gasteiger partial charge in [-0.2, -0.15) is 5.26 Å². The van der Waals surface area contributed by atoms with Gasteiger partial charge in [-0.15, -0.1) is 0 Å². The number of fused-ring (bicyclic) bond motifs is 1. The minimum Gasteiger partial charge on any atom is -0.365 e. The molecule has 0 radical (unpaired) electrons. The van der Waals surface area contributed by atoms with E-state index in [-0.39, 0.29) is 0 Å². The van der Waals surface area contributed by atoms with Crippen molar-refractivity contribution in [3.8, 4) is 6.07 Å². The normalized spacial score (nSPS) is 10.3. The molecule has 0 spiro atoms. The first-order chi connectivity index (χ1) is 10.3. The maximum atomic E-state index is 8.98. The number of hydrogen-bond donors (Lipinski definition) is 1. The predicted octanol–water partition coefficient (Wildman–Crippen LogP) is 4.37. The van der Waals surface area contributed by atoms with Crippen LogP contribution in [0, 0.1) is 11.3 Å². The lowest BCUT2D eigenvalue weighted by molar-refractivity contribution is 1.12. The van der Waals surface area contributed by atoms with Crippen molar-refractivity contribution in [1.29, 1.82) is 5.26 Å². The molecule has 1 heterocycles. The number of anilines is 1. The predicted molar refractivity (Wildman–Crippen MR) is 85.2 cm³/mol. The molecule has 0 aliphatic rings. The molecule has 0 aliphatic heterocycles. The molecule has 2 aromatic carbocycles. The van der Waals surface area contributed by atoms with Gasteiger partial charge in [0.05, 0.1) is 5.56 Å². The lowest BCUT2D eigenvalue weighted by atomic mass is 10.0. The first kappa shape index (κ1) is 13.4. The molecule has 0 bridgehead atoms. The van der Waals surface area contributed by atoms with E-state index >= 15 is 0 Å². The van der Waals surface area contributed by atoms with Gasteiger partial charge in [-0.3, -0.25) is 0 Å². The molecule has 1 aromatic heterocycles. The fourth-order valence-electron chi connectivity index (χ4n) is 2.28. The molecule has 0 saturated carbocycles. The summed E-state index contributed by atoms with van der Waals surface area (Å²) in [5.41, 5.74) is 1.58. The molecule has 1 N–H and O–H groups in total. The van der Waals surface area contributed by atoms with Crippen LogP contribution in [0.25, 0.3) is 10.8 Å². The number of rotatable bonds is 3. The van der Waals surface area contributed by atoms with Gasteiger partial charge in [-0.1, -0.05) is 54.1 Å². The molecule has 3 rings (SSSR count). The van der Waals surface area contributed by atoms with Crippen molar-refractivity contribution in [2.24, 2.45) is 0 Å². The second-order valence-electron chi connectivity index (χ2n) is 4.62. The Kier molecular flexibility index (Phi) is 3.72. The van der Waals surface area contributed by atoms with E-state index in [0.717, 1.165) is 5.56 Å². The van der Waals surface area contributed by atoms with Gasteiger partial charge in [0.1, 0.15) is 16.9 Å². The number of hydrogen-bond acceptors (Lipinski definition) is 3. The quantitative estimate of drug-likeness (QED) is 0.780. The minimum absolute atomic E-state index is 0.361. The number of benzene rings is 2. The van der Waals surface area contributed by atoms with Gasteiger partial charge in [-0.05, 0) is 22.4 Å². The van der Waals surface area contributed by atoms with Crippen LogP contribution in [0.4, 0.5) is 5.82 Å². The van der Waals surface area contributed by atoms with E-state index in [4.69, 9.17) is 16.9 Å². The molecule has 0 atom stereocenters. The number of nitrogens with one attached hydrogen (secondary N) is 1. The van der Waals surface area contributed by atoms with Crippen LogP contribution >= 0.6 is 11.6 Å². The number of aromatic nitrogens is 1. The molecular formula is C17H12ClN3. The second kappa shape index (κ2) is 5.82. The van der Waals surface area contributed by atoms with Gasteiger partial charge in [0.2, 0.25) is 0 Å². The highest BCUT2D eigenvalue weighted by atomic mass is 35.5. The fourth-order valence-corrected chi connectivity index (χ4v) is 2.50. The Morgan fingerprint density at radius 2 is 1.90 bits per heavy atom. The first-order valence-corrected chi connectivity index (χ1v) is 6.92. The Bertz CT molecular complexity index is 832. The highest BCUT2D eigenvalue weighted by Crippen LogP contribution is 2.24. The molecule has 0 saturated heterocycles. The van der Waals surface area contributed by atoms with Crippen molar-refractivity contribution >= 4 is 28.2 Å². The van der Waals surface area contributed by atoms with E-state index in [0.29, 0.717) is 22.9 Å². The summed E-state index contributed by atoms with van der Waals surface area (Å²) in [6.07, 6.45) is 1.58. The number of halogens is 1. The van der Waals surface area contributed by atoms with E-state index in [9.17, 15) is 0 Å². The summed E-state index contributed by atoms with van der Waals surface area (Å²) < 4.78 is 0. The second-order valence-corrected chi connectivity index (χ2v) is 5.00. The number of pyridine rings is 1. The summed E-state index contributed by atoms with van der Waals surface area (Å²) in [7, 11) is 0. The van der Waals surface area contributed by atoms with Gasteiger partial charge in [-0.25, -0.2) is 4.98 Å². The summed E-state index contributed by atoms with van der Waals surface area (Å²) in [6, 6.07) is 18.0. The summed E-state index contributed by atoms with van der Waals surface area (Å²) in [5.74, 6) is 0.531. The van der Waals surface area contributed by atoms with Gasteiger partial charge >= 0.3 is 0 Å². The maximum Gasteiger partial charge on any atom is 0.146 e. The van der Waals surface area contributed by atoms with Crippen molar-refractivity contribution in [2.75, 3.05) is 5.32 Å². The summed E-state index contributed by atoms with van der Waals surface area (Å²) in [5, 5.41) is 14.9. The van der Waals surface area contributed by atoms with Crippen LogP contribution < -0.4 is 5.32 Å². The zero-order chi connectivity index (χ0) is 14.7. The number of nitriles is 1. The van der Waals surface area contributed by atoms with E-state index in [1.807, 2.05) is 18.2 Å². The molecular weight excluding hydrogens is 282 g/mol. The lowest BCUT2D eigenvalue weighted by Gasteiger charge is -2.10. The zero-order valence-corrected chi connectivity index (χ0v) is 11.9. The lowest BCUT2D eigenvalue weighted by Crippen LogP contribution is -2.03. The highest BCUT2D eigenvalue weighted by molar-refractivity contribution is 6.34. The van der Waals surface area contributed by atoms with Crippen LogP contribution in [0.5, 0.6) is 0 Å². The zero-order valence-electron chi connectivity index (χ0n) is 11.2.